The third-order valence-corrected chi connectivity index (χ3v) is 2.54. The molecule has 0 fully saturated rings. The van der Waals surface area contributed by atoms with Gasteiger partial charge < -0.3 is 14.6 Å². The van der Waals surface area contributed by atoms with E-state index in [2.05, 4.69) is 0 Å². The van der Waals surface area contributed by atoms with E-state index in [-0.39, 0.29) is 51.4 Å². The van der Waals surface area contributed by atoms with Gasteiger partial charge in [-0.1, -0.05) is 48.5 Å². The van der Waals surface area contributed by atoms with Gasteiger partial charge in [0.1, 0.15) is 12.4 Å². The first-order valence-corrected chi connectivity index (χ1v) is 5.90. The monoisotopic (exact) mass is 292 g/mol. The van der Waals surface area contributed by atoms with E-state index in [1.54, 1.807) is 24.3 Å². The first-order chi connectivity index (χ1) is 9.24. The Labute approximate surface area is 160 Å². The molecule has 0 amide bonds. The van der Waals surface area contributed by atoms with Crippen LogP contribution in [-0.2, 0) is 11.4 Å². The van der Waals surface area contributed by atoms with Crippen molar-refractivity contribution in [1.29, 1.82) is 0 Å². The Kier molecular flexibility index (Phi) is 7.80. The molecular formula is C16H13KO3. The molecule has 2 aromatic rings. The zero-order valence-electron chi connectivity index (χ0n) is 11.3. The van der Waals surface area contributed by atoms with Crippen LogP contribution in [0.5, 0.6) is 5.75 Å². The Hall–Kier alpha value is -0.914. The van der Waals surface area contributed by atoms with Crippen molar-refractivity contribution in [3.63, 3.8) is 0 Å². The molecule has 3 nitrogen and oxygen atoms in total. The van der Waals surface area contributed by atoms with Crippen molar-refractivity contribution in [2.75, 3.05) is 0 Å². The van der Waals surface area contributed by atoms with Gasteiger partial charge >= 0.3 is 51.4 Å². The first kappa shape index (κ1) is 17.1. The third-order valence-electron chi connectivity index (χ3n) is 2.54. The molecule has 2 aromatic carbocycles. The number of carboxylic acids is 1. The Morgan fingerprint density at radius 2 is 1.70 bits per heavy atom. The predicted octanol–water partition coefficient (Wildman–Crippen LogP) is -0.967. The molecule has 0 saturated carbocycles. The van der Waals surface area contributed by atoms with E-state index in [0.29, 0.717) is 6.61 Å². The molecule has 0 aliphatic carbocycles. The molecule has 0 aliphatic heterocycles. The minimum absolute atomic E-state index is 0. The first-order valence-electron chi connectivity index (χ1n) is 5.90. The second-order valence-electron chi connectivity index (χ2n) is 4.00. The van der Waals surface area contributed by atoms with Crippen LogP contribution in [0.4, 0.5) is 0 Å². The summed E-state index contributed by atoms with van der Waals surface area (Å²) in [5.41, 5.74) is 1.89. The molecule has 2 rings (SSSR count). The number of hydrogen-bond donors (Lipinski definition) is 0. The molecule has 4 heteroatoms. The summed E-state index contributed by atoms with van der Waals surface area (Å²) >= 11 is 0. The van der Waals surface area contributed by atoms with E-state index in [1.165, 1.54) is 6.08 Å². The summed E-state index contributed by atoms with van der Waals surface area (Å²) in [4.78, 5) is 10.3. The van der Waals surface area contributed by atoms with Crippen LogP contribution in [-0.4, -0.2) is 5.97 Å². The molecule has 0 radical (unpaired) electrons. The van der Waals surface area contributed by atoms with Gasteiger partial charge in [0, 0.05) is 0 Å². The van der Waals surface area contributed by atoms with Gasteiger partial charge in [0.2, 0.25) is 0 Å². The van der Waals surface area contributed by atoms with Crippen LogP contribution in [0.1, 0.15) is 11.1 Å². The van der Waals surface area contributed by atoms with Crippen LogP contribution in [0.2, 0.25) is 0 Å². The molecule has 0 aliphatic rings. The molecule has 0 unspecified atom stereocenters. The summed E-state index contributed by atoms with van der Waals surface area (Å²) < 4.78 is 5.62. The number of aliphatic carboxylic acids is 1. The summed E-state index contributed by atoms with van der Waals surface area (Å²) in [6, 6.07) is 17.1. The van der Waals surface area contributed by atoms with E-state index < -0.39 is 5.97 Å². The standard InChI is InChI=1S/C16H14O3.K/c17-16(18)11-8-13-6-9-15(10-7-13)19-12-14-4-2-1-3-5-14;/h1-11H,12H2,(H,17,18);/q;+1/p-1/b11-8+;. The van der Waals surface area contributed by atoms with Gasteiger partial charge in [-0.3, -0.25) is 0 Å². The predicted molar refractivity (Wildman–Crippen MR) is 71.3 cm³/mol. The van der Waals surface area contributed by atoms with Gasteiger partial charge in [0.15, 0.2) is 0 Å². The van der Waals surface area contributed by atoms with Crippen molar-refractivity contribution in [2.45, 2.75) is 6.61 Å². The molecule has 0 atom stereocenters. The van der Waals surface area contributed by atoms with Crippen molar-refractivity contribution >= 4 is 12.0 Å². The molecule has 0 aromatic heterocycles. The molecular weight excluding hydrogens is 279 g/mol. The third kappa shape index (κ3) is 6.03. The minimum atomic E-state index is -1.20. The number of benzene rings is 2. The molecule has 0 spiro atoms. The van der Waals surface area contributed by atoms with Crippen LogP contribution in [0, 0.1) is 0 Å². The van der Waals surface area contributed by atoms with Crippen LogP contribution < -0.4 is 61.2 Å². The molecule has 0 N–H and O–H groups in total. The maximum Gasteiger partial charge on any atom is 1.00 e. The zero-order chi connectivity index (χ0) is 13.5. The fraction of sp³-hybridized carbons (Fsp3) is 0.0625. The van der Waals surface area contributed by atoms with Crippen molar-refractivity contribution in [2.24, 2.45) is 0 Å². The summed E-state index contributed by atoms with van der Waals surface area (Å²) in [5.74, 6) is -0.459. The Morgan fingerprint density at radius 1 is 1.05 bits per heavy atom. The van der Waals surface area contributed by atoms with Gasteiger partial charge in [-0.05, 0) is 29.3 Å². The second-order valence-corrected chi connectivity index (χ2v) is 4.00. The van der Waals surface area contributed by atoms with Crippen molar-refractivity contribution in [3.8, 4) is 5.75 Å². The van der Waals surface area contributed by atoms with Crippen LogP contribution in [0.15, 0.2) is 60.7 Å². The topological polar surface area (TPSA) is 49.4 Å². The van der Waals surface area contributed by atoms with Crippen molar-refractivity contribution < 1.29 is 66.0 Å². The van der Waals surface area contributed by atoms with Crippen LogP contribution in [0.3, 0.4) is 0 Å². The molecule has 20 heavy (non-hydrogen) atoms. The SMILES string of the molecule is O=C([O-])/C=C/c1ccc(OCc2ccccc2)cc1.[K+]. The van der Waals surface area contributed by atoms with E-state index >= 15 is 0 Å². The van der Waals surface area contributed by atoms with Gasteiger partial charge in [-0.15, -0.1) is 0 Å². The average Bonchev–Trinajstić information content (AvgIpc) is 2.45. The normalized spacial score (nSPS) is 10.0. The number of hydrogen-bond acceptors (Lipinski definition) is 3. The van der Waals surface area contributed by atoms with Crippen LogP contribution in [0.25, 0.3) is 6.08 Å². The Morgan fingerprint density at radius 3 is 2.30 bits per heavy atom. The van der Waals surface area contributed by atoms with Gasteiger partial charge in [0.05, 0.1) is 5.97 Å². The Balaban J connectivity index is 0.00000200. The van der Waals surface area contributed by atoms with Crippen molar-refractivity contribution in [1.82, 2.24) is 0 Å². The summed E-state index contributed by atoms with van der Waals surface area (Å²) in [6.45, 7) is 0.509. The van der Waals surface area contributed by atoms with E-state index in [0.717, 1.165) is 23.0 Å². The summed E-state index contributed by atoms with van der Waals surface area (Å²) in [6.07, 6.45) is 2.48. The number of carbonyl (C=O) groups excluding carboxylic acids is 1. The van der Waals surface area contributed by atoms with E-state index in [1.807, 2.05) is 30.3 Å². The van der Waals surface area contributed by atoms with Gasteiger partial charge in [-0.2, -0.15) is 0 Å². The smallest absolute Gasteiger partial charge is 0.545 e. The van der Waals surface area contributed by atoms with E-state index in [9.17, 15) is 9.90 Å². The van der Waals surface area contributed by atoms with Crippen LogP contribution >= 0.6 is 0 Å². The largest absolute Gasteiger partial charge is 1.00 e. The average molecular weight is 292 g/mol. The number of carboxylic acid groups (broad SMARTS) is 1. The molecule has 0 bridgehead atoms. The maximum absolute atomic E-state index is 10.3. The van der Waals surface area contributed by atoms with Gasteiger partial charge in [-0.25, -0.2) is 0 Å². The maximum atomic E-state index is 10.3. The van der Waals surface area contributed by atoms with Gasteiger partial charge in [0.25, 0.3) is 0 Å². The quantitative estimate of drug-likeness (QED) is 0.526. The van der Waals surface area contributed by atoms with E-state index in [4.69, 9.17) is 4.74 Å². The number of rotatable bonds is 5. The summed E-state index contributed by atoms with van der Waals surface area (Å²) in [7, 11) is 0. The minimum Gasteiger partial charge on any atom is -0.545 e. The molecule has 96 valence electrons. The molecule has 0 saturated heterocycles. The Bertz CT molecular complexity index is 562. The number of ether oxygens (including phenoxy) is 1. The summed E-state index contributed by atoms with van der Waals surface area (Å²) in [5, 5.41) is 10.3. The van der Waals surface area contributed by atoms with Crippen molar-refractivity contribution in [3.05, 3.63) is 71.8 Å². The fourth-order valence-corrected chi connectivity index (χ4v) is 1.58. The number of carbonyl (C=O) groups is 1. The second kappa shape index (κ2) is 9.10. The zero-order valence-corrected chi connectivity index (χ0v) is 14.4. The molecule has 0 heterocycles. The fourth-order valence-electron chi connectivity index (χ4n) is 1.58.